The van der Waals surface area contributed by atoms with Gasteiger partial charge in [-0.25, -0.2) is 14.8 Å². The molecule has 0 bridgehead atoms. The molecule has 0 aliphatic carbocycles. The standard InChI is InChI=1S/C12H10N2O4/c15-9(16)5-8-10-11(12(17)18-8)14-7-4-2-1-3-6(7)13-10/h1-4,8-9,15-16H,5H2. The number of rotatable bonds is 2. The minimum Gasteiger partial charge on any atom is -0.451 e. The van der Waals surface area contributed by atoms with Crippen LogP contribution in [0.15, 0.2) is 24.3 Å². The van der Waals surface area contributed by atoms with E-state index in [1.165, 1.54) is 0 Å². The van der Waals surface area contributed by atoms with Crippen LogP contribution < -0.4 is 0 Å². The van der Waals surface area contributed by atoms with Gasteiger partial charge in [-0.2, -0.15) is 0 Å². The maximum Gasteiger partial charge on any atom is 0.359 e. The lowest BCUT2D eigenvalue weighted by atomic mass is 10.1. The highest BCUT2D eigenvalue weighted by atomic mass is 16.6. The van der Waals surface area contributed by atoms with Crippen molar-refractivity contribution >= 4 is 17.0 Å². The highest BCUT2D eigenvalue weighted by Gasteiger charge is 2.35. The molecule has 1 unspecified atom stereocenters. The number of benzene rings is 1. The van der Waals surface area contributed by atoms with Gasteiger partial charge in [-0.3, -0.25) is 0 Å². The summed E-state index contributed by atoms with van der Waals surface area (Å²) in [7, 11) is 0. The molecule has 0 saturated heterocycles. The first-order valence-corrected chi connectivity index (χ1v) is 5.49. The molecule has 1 aliphatic rings. The van der Waals surface area contributed by atoms with Crippen molar-refractivity contribution in [2.75, 3.05) is 0 Å². The molecule has 2 heterocycles. The summed E-state index contributed by atoms with van der Waals surface area (Å²) >= 11 is 0. The number of carbonyl (C=O) groups is 1. The second kappa shape index (κ2) is 4.01. The first-order valence-electron chi connectivity index (χ1n) is 5.49. The summed E-state index contributed by atoms with van der Waals surface area (Å²) in [6.07, 6.45) is -2.40. The molecular formula is C12H10N2O4. The maximum atomic E-state index is 11.6. The quantitative estimate of drug-likeness (QED) is 0.593. The third kappa shape index (κ3) is 1.71. The zero-order chi connectivity index (χ0) is 12.7. The third-order valence-corrected chi connectivity index (χ3v) is 2.77. The summed E-state index contributed by atoms with van der Waals surface area (Å²) in [5.41, 5.74) is 1.77. The molecule has 1 aromatic heterocycles. The van der Waals surface area contributed by atoms with E-state index in [0.29, 0.717) is 16.7 Å². The normalized spacial score (nSPS) is 18.2. The Labute approximate surface area is 102 Å². The summed E-state index contributed by atoms with van der Waals surface area (Å²) in [5, 5.41) is 17.9. The number of ether oxygens (including phenoxy) is 1. The fourth-order valence-electron chi connectivity index (χ4n) is 1.98. The Bertz CT molecular complexity index is 627. The smallest absolute Gasteiger partial charge is 0.359 e. The molecule has 1 aromatic carbocycles. The number of para-hydroxylation sites is 2. The Morgan fingerprint density at radius 3 is 2.56 bits per heavy atom. The van der Waals surface area contributed by atoms with Gasteiger partial charge in [-0.15, -0.1) is 0 Å². The molecule has 1 aliphatic heterocycles. The van der Waals surface area contributed by atoms with Gasteiger partial charge in [0.15, 0.2) is 18.1 Å². The van der Waals surface area contributed by atoms with Gasteiger partial charge in [0, 0.05) is 6.42 Å². The minimum absolute atomic E-state index is 0.105. The van der Waals surface area contributed by atoms with E-state index in [0.717, 1.165) is 0 Å². The molecule has 92 valence electrons. The van der Waals surface area contributed by atoms with Crippen molar-refractivity contribution in [3.8, 4) is 0 Å². The zero-order valence-corrected chi connectivity index (χ0v) is 9.28. The van der Waals surface area contributed by atoms with Crippen molar-refractivity contribution in [1.29, 1.82) is 0 Å². The number of aliphatic hydroxyl groups is 2. The second-order valence-electron chi connectivity index (χ2n) is 4.06. The van der Waals surface area contributed by atoms with Crippen LogP contribution in [0.2, 0.25) is 0 Å². The lowest BCUT2D eigenvalue weighted by Gasteiger charge is -2.10. The third-order valence-electron chi connectivity index (χ3n) is 2.77. The average Bonchev–Trinajstić information content (AvgIpc) is 2.63. The highest BCUT2D eigenvalue weighted by Crippen LogP contribution is 2.32. The van der Waals surface area contributed by atoms with Crippen LogP contribution in [0.25, 0.3) is 11.0 Å². The van der Waals surface area contributed by atoms with Crippen molar-refractivity contribution in [2.24, 2.45) is 0 Å². The molecule has 18 heavy (non-hydrogen) atoms. The van der Waals surface area contributed by atoms with Crippen molar-refractivity contribution < 1.29 is 19.7 Å². The number of aromatic nitrogens is 2. The molecule has 0 fully saturated rings. The maximum absolute atomic E-state index is 11.6. The van der Waals surface area contributed by atoms with Crippen LogP contribution in [0.4, 0.5) is 0 Å². The van der Waals surface area contributed by atoms with E-state index < -0.39 is 18.4 Å². The number of hydrogen-bond donors (Lipinski definition) is 2. The van der Waals surface area contributed by atoms with E-state index in [4.69, 9.17) is 14.9 Å². The number of hydrogen-bond acceptors (Lipinski definition) is 6. The van der Waals surface area contributed by atoms with Gasteiger partial charge in [0.2, 0.25) is 0 Å². The summed E-state index contributed by atoms with van der Waals surface area (Å²) in [6.45, 7) is 0. The van der Waals surface area contributed by atoms with Crippen molar-refractivity contribution in [1.82, 2.24) is 9.97 Å². The number of nitrogens with zero attached hydrogens (tertiary/aromatic N) is 2. The molecule has 0 saturated carbocycles. The van der Waals surface area contributed by atoms with Gasteiger partial charge in [0.25, 0.3) is 0 Å². The summed E-state index contributed by atoms with van der Waals surface area (Å²) in [6, 6.07) is 7.15. The number of esters is 1. The largest absolute Gasteiger partial charge is 0.451 e. The molecule has 0 spiro atoms. The summed E-state index contributed by atoms with van der Waals surface area (Å²) in [5.74, 6) is -0.575. The van der Waals surface area contributed by atoms with Gasteiger partial charge < -0.3 is 14.9 Å². The topological polar surface area (TPSA) is 92.5 Å². The van der Waals surface area contributed by atoms with Crippen molar-refractivity contribution in [3.05, 3.63) is 35.7 Å². The highest BCUT2D eigenvalue weighted by molar-refractivity contribution is 5.93. The predicted molar refractivity (Wildman–Crippen MR) is 60.5 cm³/mol. The fourth-order valence-corrected chi connectivity index (χ4v) is 1.98. The monoisotopic (exact) mass is 246 g/mol. The fraction of sp³-hybridized carbons (Fsp3) is 0.250. The molecule has 0 radical (unpaired) electrons. The average molecular weight is 246 g/mol. The van der Waals surface area contributed by atoms with Gasteiger partial charge in [0.05, 0.1) is 11.0 Å². The van der Waals surface area contributed by atoms with Gasteiger partial charge in [-0.1, -0.05) is 12.1 Å². The Morgan fingerprint density at radius 1 is 1.22 bits per heavy atom. The van der Waals surface area contributed by atoms with E-state index in [9.17, 15) is 4.79 Å². The first kappa shape index (κ1) is 11.1. The number of aliphatic hydroxyl groups excluding tert-OH is 1. The Kier molecular flexibility index (Phi) is 2.46. The molecule has 6 heteroatoms. The molecule has 3 rings (SSSR count). The number of carbonyl (C=O) groups excluding carboxylic acids is 1. The van der Waals surface area contributed by atoms with Gasteiger partial charge >= 0.3 is 5.97 Å². The van der Waals surface area contributed by atoms with E-state index in [1.807, 2.05) is 6.07 Å². The molecule has 2 aromatic rings. The molecule has 0 amide bonds. The van der Waals surface area contributed by atoms with Crippen LogP contribution in [0, 0.1) is 0 Å². The molecule has 1 atom stereocenters. The second-order valence-corrected chi connectivity index (χ2v) is 4.06. The van der Waals surface area contributed by atoms with Crippen molar-refractivity contribution in [3.63, 3.8) is 0 Å². The number of fused-ring (bicyclic) bond motifs is 2. The molecule has 2 N–H and O–H groups in total. The zero-order valence-electron chi connectivity index (χ0n) is 9.28. The number of cyclic esters (lactones) is 1. The van der Waals surface area contributed by atoms with Crippen LogP contribution in [-0.4, -0.2) is 32.4 Å². The minimum atomic E-state index is -1.55. The van der Waals surface area contributed by atoms with Crippen molar-refractivity contribution in [2.45, 2.75) is 18.8 Å². The van der Waals surface area contributed by atoms with E-state index >= 15 is 0 Å². The molecular weight excluding hydrogens is 236 g/mol. The van der Waals surface area contributed by atoms with Crippen LogP contribution in [0.1, 0.15) is 28.7 Å². The Hall–Kier alpha value is -2.05. The van der Waals surface area contributed by atoms with Gasteiger partial charge in [-0.05, 0) is 12.1 Å². The van der Waals surface area contributed by atoms with Gasteiger partial charge in [0.1, 0.15) is 5.69 Å². The van der Waals surface area contributed by atoms with Crippen LogP contribution in [0.3, 0.4) is 0 Å². The molecule has 6 nitrogen and oxygen atoms in total. The SMILES string of the molecule is O=C1OC(CC(O)O)c2nc3ccccc3nc21. The van der Waals surface area contributed by atoms with Crippen LogP contribution >= 0.6 is 0 Å². The lowest BCUT2D eigenvalue weighted by molar-refractivity contribution is -0.0721. The Balaban J connectivity index is 2.13. The van der Waals surface area contributed by atoms with E-state index in [2.05, 4.69) is 9.97 Å². The Morgan fingerprint density at radius 2 is 1.89 bits per heavy atom. The van der Waals surface area contributed by atoms with Crippen LogP contribution in [-0.2, 0) is 4.74 Å². The predicted octanol–water partition coefficient (Wildman–Crippen LogP) is 0.542. The first-order chi connectivity index (χ1) is 8.65. The lowest BCUT2D eigenvalue weighted by Crippen LogP contribution is -2.12. The summed E-state index contributed by atoms with van der Waals surface area (Å²) < 4.78 is 5.03. The van der Waals surface area contributed by atoms with E-state index in [-0.39, 0.29) is 12.1 Å². The van der Waals surface area contributed by atoms with Crippen LogP contribution in [0.5, 0.6) is 0 Å². The van der Waals surface area contributed by atoms with E-state index in [1.54, 1.807) is 18.2 Å². The summed E-state index contributed by atoms with van der Waals surface area (Å²) in [4.78, 5) is 20.1.